The first-order valence-electron chi connectivity index (χ1n) is 8.02. The molecule has 0 atom stereocenters. The Hall–Kier alpha value is -2.09. The second-order valence-electron chi connectivity index (χ2n) is 5.95. The molecule has 0 aliphatic rings. The fourth-order valence-electron chi connectivity index (χ4n) is 2.90. The lowest BCUT2D eigenvalue weighted by atomic mass is 10.1. The van der Waals surface area contributed by atoms with Crippen molar-refractivity contribution in [3.63, 3.8) is 0 Å². The number of hydrogen-bond donors (Lipinski definition) is 2. The Balaban J connectivity index is 1.73. The lowest BCUT2D eigenvalue weighted by Gasteiger charge is -2.09. The van der Waals surface area contributed by atoms with Crippen LogP contribution in [0.5, 0.6) is 0 Å². The van der Waals surface area contributed by atoms with Crippen LogP contribution < -0.4 is 10.0 Å². The Morgan fingerprint density at radius 1 is 1.19 bits per heavy atom. The van der Waals surface area contributed by atoms with E-state index in [2.05, 4.69) is 10.0 Å². The first-order chi connectivity index (χ1) is 12.3. The normalized spacial score (nSPS) is 11.8. The van der Waals surface area contributed by atoms with Crippen LogP contribution in [0.2, 0.25) is 5.02 Å². The van der Waals surface area contributed by atoms with E-state index in [0.717, 1.165) is 22.5 Å². The van der Waals surface area contributed by atoms with Crippen LogP contribution in [0, 0.1) is 5.82 Å². The minimum atomic E-state index is -3.66. The molecule has 5 nitrogen and oxygen atoms in total. The zero-order valence-electron chi connectivity index (χ0n) is 14.4. The van der Waals surface area contributed by atoms with Crippen LogP contribution in [-0.2, 0) is 23.5 Å². The maximum Gasteiger partial charge on any atom is 0.240 e. The quantitative estimate of drug-likeness (QED) is 0.671. The Bertz CT molecular complexity index is 1060. The molecule has 0 fully saturated rings. The smallest absolute Gasteiger partial charge is 0.240 e. The average molecular weight is 396 g/mol. The summed E-state index contributed by atoms with van der Waals surface area (Å²) in [5.41, 5.74) is 2.44. The van der Waals surface area contributed by atoms with Gasteiger partial charge in [0.05, 0.1) is 10.6 Å². The Labute approximate surface area is 156 Å². The summed E-state index contributed by atoms with van der Waals surface area (Å²) in [7, 11) is -0.414. The van der Waals surface area contributed by atoms with Gasteiger partial charge < -0.3 is 9.88 Å². The highest BCUT2D eigenvalue weighted by molar-refractivity contribution is 7.89. The molecule has 3 aromatic rings. The second kappa shape index (κ2) is 7.26. The number of halogens is 2. The van der Waals surface area contributed by atoms with Crippen LogP contribution in [0.25, 0.3) is 10.9 Å². The fourth-order valence-corrected chi connectivity index (χ4v) is 3.80. The molecule has 138 valence electrons. The highest BCUT2D eigenvalue weighted by Gasteiger charge is 2.14. The molecular formula is C18H19ClFN3O2S. The standard InChI is InChI=1S/C18H19ClFN3O2S/c1-21-26(24,25)14-4-6-17(16(20)10-14)22-8-7-12-11-23(2)18-9-13(19)3-5-15(12)18/h3-6,9-11,21-22H,7-8H2,1-2H3. The van der Waals surface area contributed by atoms with Gasteiger partial charge in [0.15, 0.2) is 0 Å². The van der Waals surface area contributed by atoms with Gasteiger partial charge in [0.1, 0.15) is 5.82 Å². The van der Waals surface area contributed by atoms with E-state index in [1.54, 1.807) is 0 Å². The predicted octanol–water partition coefficient (Wildman–Crippen LogP) is 3.53. The van der Waals surface area contributed by atoms with Gasteiger partial charge in [0.25, 0.3) is 0 Å². The minimum Gasteiger partial charge on any atom is -0.382 e. The van der Waals surface area contributed by atoms with Crippen molar-refractivity contribution in [1.29, 1.82) is 0 Å². The summed E-state index contributed by atoms with van der Waals surface area (Å²) < 4.78 is 41.8. The van der Waals surface area contributed by atoms with E-state index in [0.29, 0.717) is 18.0 Å². The summed E-state index contributed by atoms with van der Waals surface area (Å²) in [6, 6.07) is 9.55. The van der Waals surface area contributed by atoms with E-state index in [-0.39, 0.29) is 10.6 Å². The average Bonchev–Trinajstić information content (AvgIpc) is 2.91. The van der Waals surface area contributed by atoms with Crippen molar-refractivity contribution in [2.24, 2.45) is 7.05 Å². The Morgan fingerprint density at radius 2 is 1.96 bits per heavy atom. The molecule has 3 rings (SSSR count). The molecule has 2 N–H and O–H groups in total. The van der Waals surface area contributed by atoms with Gasteiger partial charge in [-0.1, -0.05) is 17.7 Å². The van der Waals surface area contributed by atoms with Crippen LogP contribution in [-0.4, -0.2) is 26.6 Å². The van der Waals surface area contributed by atoms with Gasteiger partial charge in [-0.2, -0.15) is 0 Å². The van der Waals surface area contributed by atoms with Gasteiger partial charge >= 0.3 is 0 Å². The van der Waals surface area contributed by atoms with E-state index >= 15 is 0 Å². The summed E-state index contributed by atoms with van der Waals surface area (Å²) in [5, 5.41) is 4.81. The molecule has 1 aromatic heterocycles. The van der Waals surface area contributed by atoms with Crippen molar-refractivity contribution in [1.82, 2.24) is 9.29 Å². The second-order valence-corrected chi connectivity index (χ2v) is 8.28. The van der Waals surface area contributed by atoms with Gasteiger partial charge in [-0.05, 0) is 49.4 Å². The number of aromatic nitrogens is 1. The largest absolute Gasteiger partial charge is 0.382 e. The summed E-state index contributed by atoms with van der Waals surface area (Å²) >= 11 is 6.04. The summed E-state index contributed by atoms with van der Waals surface area (Å²) in [6.07, 6.45) is 2.72. The van der Waals surface area contributed by atoms with Crippen molar-refractivity contribution >= 4 is 38.2 Å². The molecule has 0 bridgehead atoms. The first-order valence-corrected chi connectivity index (χ1v) is 9.88. The number of nitrogens with one attached hydrogen (secondary N) is 2. The highest BCUT2D eigenvalue weighted by Crippen LogP contribution is 2.25. The van der Waals surface area contributed by atoms with E-state index in [1.807, 2.05) is 36.0 Å². The van der Waals surface area contributed by atoms with Crippen molar-refractivity contribution in [3.8, 4) is 0 Å². The molecule has 0 unspecified atom stereocenters. The first kappa shape index (κ1) is 18.7. The monoisotopic (exact) mass is 395 g/mol. The third kappa shape index (κ3) is 3.70. The van der Waals surface area contributed by atoms with Crippen LogP contribution in [0.3, 0.4) is 0 Å². The van der Waals surface area contributed by atoms with E-state index in [1.165, 1.54) is 19.2 Å². The SMILES string of the molecule is CNS(=O)(=O)c1ccc(NCCc2cn(C)c3cc(Cl)ccc23)c(F)c1. The van der Waals surface area contributed by atoms with Gasteiger partial charge in [0.2, 0.25) is 10.0 Å². The van der Waals surface area contributed by atoms with Gasteiger partial charge in [-0.15, -0.1) is 0 Å². The maximum absolute atomic E-state index is 14.2. The van der Waals surface area contributed by atoms with Crippen LogP contribution in [0.1, 0.15) is 5.56 Å². The summed E-state index contributed by atoms with van der Waals surface area (Å²) in [6.45, 7) is 0.511. The topological polar surface area (TPSA) is 63.1 Å². The van der Waals surface area contributed by atoms with Gasteiger partial charge in [-0.25, -0.2) is 17.5 Å². The molecule has 0 spiro atoms. The van der Waals surface area contributed by atoms with Gasteiger partial charge in [0, 0.05) is 35.7 Å². The predicted molar refractivity (Wildman–Crippen MR) is 103 cm³/mol. The molecular weight excluding hydrogens is 377 g/mol. The number of fused-ring (bicyclic) bond motifs is 1. The molecule has 0 saturated carbocycles. The lowest BCUT2D eigenvalue weighted by molar-refractivity contribution is 0.584. The number of nitrogens with zero attached hydrogens (tertiary/aromatic N) is 1. The number of rotatable bonds is 6. The Morgan fingerprint density at radius 3 is 2.65 bits per heavy atom. The van der Waals surface area contributed by atoms with Crippen molar-refractivity contribution in [2.45, 2.75) is 11.3 Å². The van der Waals surface area contributed by atoms with Crippen LogP contribution in [0.15, 0.2) is 47.5 Å². The summed E-state index contributed by atoms with van der Waals surface area (Å²) in [5.74, 6) is -0.606. The molecule has 0 aliphatic heterocycles. The fraction of sp³-hybridized carbons (Fsp3) is 0.222. The molecule has 0 aliphatic carbocycles. The number of hydrogen-bond acceptors (Lipinski definition) is 3. The summed E-state index contributed by atoms with van der Waals surface area (Å²) in [4.78, 5) is -0.103. The molecule has 26 heavy (non-hydrogen) atoms. The number of aryl methyl sites for hydroxylation is 1. The molecule has 1 heterocycles. The Kier molecular flexibility index (Phi) is 5.22. The molecule has 8 heteroatoms. The minimum absolute atomic E-state index is 0.103. The maximum atomic E-state index is 14.2. The van der Waals surface area contributed by atoms with E-state index < -0.39 is 15.8 Å². The van der Waals surface area contributed by atoms with E-state index in [9.17, 15) is 12.8 Å². The third-order valence-corrected chi connectivity index (χ3v) is 5.91. The van der Waals surface area contributed by atoms with Crippen molar-refractivity contribution in [3.05, 3.63) is 59.0 Å². The van der Waals surface area contributed by atoms with Crippen LogP contribution in [0.4, 0.5) is 10.1 Å². The molecule has 0 radical (unpaired) electrons. The van der Waals surface area contributed by atoms with Gasteiger partial charge in [-0.3, -0.25) is 0 Å². The number of sulfonamides is 1. The number of benzene rings is 2. The molecule has 2 aromatic carbocycles. The number of anilines is 1. The van der Waals surface area contributed by atoms with Crippen molar-refractivity contribution < 1.29 is 12.8 Å². The zero-order valence-corrected chi connectivity index (χ0v) is 16.0. The molecule has 0 amide bonds. The highest BCUT2D eigenvalue weighted by atomic mass is 35.5. The third-order valence-electron chi connectivity index (χ3n) is 4.26. The molecule has 0 saturated heterocycles. The zero-order chi connectivity index (χ0) is 18.9. The lowest BCUT2D eigenvalue weighted by Crippen LogP contribution is -2.18. The van der Waals surface area contributed by atoms with Crippen LogP contribution >= 0.6 is 11.6 Å². The van der Waals surface area contributed by atoms with Crippen molar-refractivity contribution in [2.75, 3.05) is 18.9 Å². The van der Waals surface area contributed by atoms with E-state index in [4.69, 9.17) is 11.6 Å².